The van der Waals surface area contributed by atoms with Crippen LogP contribution in [0.25, 0.3) is 0 Å². The number of nitrogens with zero attached hydrogens (tertiary/aromatic N) is 2. The van der Waals surface area contributed by atoms with Gasteiger partial charge in [0.25, 0.3) is 0 Å². The number of hydrogen-bond acceptors (Lipinski definition) is 4. The summed E-state index contributed by atoms with van der Waals surface area (Å²) in [5, 5.41) is 2.82. The van der Waals surface area contributed by atoms with E-state index in [9.17, 15) is 9.59 Å². The Morgan fingerprint density at radius 2 is 1.64 bits per heavy atom. The first-order valence-electron chi connectivity index (χ1n) is 9.58. The van der Waals surface area contributed by atoms with Gasteiger partial charge >= 0.3 is 0 Å². The predicted octanol–water partition coefficient (Wildman–Crippen LogP) is 2.09. The molecule has 0 saturated carbocycles. The van der Waals surface area contributed by atoms with Crippen molar-refractivity contribution in [1.82, 2.24) is 10.2 Å². The standard InChI is InChI=1S/C22H27N3O3/c1-17(23-21(26)16-18-8-10-20(28-2)11-9-18)22(27)25-14-12-24(13-15-25)19-6-4-3-5-7-19/h3-11,17H,12-16H2,1-2H3,(H,23,26)/t17-/m0/s1. The maximum atomic E-state index is 12.7. The topological polar surface area (TPSA) is 61.9 Å². The molecule has 28 heavy (non-hydrogen) atoms. The fourth-order valence-electron chi connectivity index (χ4n) is 3.38. The molecule has 1 atom stereocenters. The SMILES string of the molecule is COc1ccc(CC(=O)N[C@@H](C)C(=O)N2CCN(c3ccccc3)CC2)cc1. The molecule has 1 aliphatic rings. The molecule has 6 nitrogen and oxygen atoms in total. The average Bonchev–Trinajstić information content (AvgIpc) is 2.74. The van der Waals surface area contributed by atoms with Crippen LogP contribution in [0.1, 0.15) is 12.5 Å². The summed E-state index contributed by atoms with van der Waals surface area (Å²) in [6.07, 6.45) is 0.239. The van der Waals surface area contributed by atoms with Gasteiger partial charge < -0.3 is 19.9 Å². The molecule has 0 spiro atoms. The van der Waals surface area contributed by atoms with E-state index in [4.69, 9.17) is 4.74 Å². The summed E-state index contributed by atoms with van der Waals surface area (Å²) in [5.74, 6) is 0.562. The van der Waals surface area contributed by atoms with Gasteiger partial charge in [-0.1, -0.05) is 30.3 Å². The minimum Gasteiger partial charge on any atom is -0.497 e. The second-order valence-corrected chi connectivity index (χ2v) is 6.96. The number of rotatable bonds is 6. The highest BCUT2D eigenvalue weighted by Gasteiger charge is 2.25. The lowest BCUT2D eigenvalue weighted by atomic mass is 10.1. The van der Waals surface area contributed by atoms with Crippen LogP contribution in [0.15, 0.2) is 54.6 Å². The smallest absolute Gasteiger partial charge is 0.244 e. The summed E-state index contributed by atoms with van der Waals surface area (Å²) in [6.45, 7) is 4.65. The van der Waals surface area contributed by atoms with Crippen molar-refractivity contribution in [2.45, 2.75) is 19.4 Å². The monoisotopic (exact) mass is 381 g/mol. The molecule has 0 bridgehead atoms. The first-order chi connectivity index (χ1) is 13.6. The Morgan fingerprint density at radius 1 is 1.00 bits per heavy atom. The first kappa shape index (κ1) is 19.7. The van der Waals surface area contributed by atoms with Crippen LogP contribution < -0.4 is 15.0 Å². The van der Waals surface area contributed by atoms with Crippen LogP contribution >= 0.6 is 0 Å². The van der Waals surface area contributed by atoms with Gasteiger partial charge in [-0.05, 0) is 36.8 Å². The van der Waals surface area contributed by atoms with Gasteiger partial charge in [0, 0.05) is 31.9 Å². The van der Waals surface area contributed by atoms with Crippen molar-refractivity contribution in [2.75, 3.05) is 38.2 Å². The van der Waals surface area contributed by atoms with Gasteiger partial charge in [0.1, 0.15) is 11.8 Å². The second kappa shape index (κ2) is 9.26. The van der Waals surface area contributed by atoms with Crippen molar-refractivity contribution < 1.29 is 14.3 Å². The van der Waals surface area contributed by atoms with E-state index < -0.39 is 6.04 Å². The molecular formula is C22H27N3O3. The lowest BCUT2D eigenvalue weighted by Gasteiger charge is -2.37. The Balaban J connectivity index is 1.47. The number of benzene rings is 2. The molecule has 6 heteroatoms. The van der Waals surface area contributed by atoms with Crippen molar-refractivity contribution in [3.8, 4) is 5.75 Å². The van der Waals surface area contributed by atoms with Gasteiger partial charge in [-0.25, -0.2) is 0 Å². The lowest BCUT2D eigenvalue weighted by Crippen LogP contribution is -2.54. The van der Waals surface area contributed by atoms with E-state index in [0.717, 1.165) is 24.4 Å². The Hall–Kier alpha value is -3.02. The fourth-order valence-corrected chi connectivity index (χ4v) is 3.38. The third-order valence-corrected chi connectivity index (χ3v) is 4.98. The van der Waals surface area contributed by atoms with E-state index >= 15 is 0 Å². The van der Waals surface area contributed by atoms with Gasteiger partial charge in [-0.15, -0.1) is 0 Å². The molecule has 0 aromatic heterocycles. The largest absolute Gasteiger partial charge is 0.497 e. The van der Waals surface area contributed by atoms with Crippen molar-refractivity contribution in [3.05, 3.63) is 60.2 Å². The van der Waals surface area contributed by atoms with Crippen LogP contribution in [-0.4, -0.2) is 56.0 Å². The number of methoxy groups -OCH3 is 1. The Labute approximate surface area is 166 Å². The third-order valence-electron chi connectivity index (χ3n) is 4.98. The number of para-hydroxylation sites is 1. The summed E-state index contributed by atoms with van der Waals surface area (Å²) in [6, 6.07) is 17.0. The van der Waals surface area contributed by atoms with Gasteiger partial charge in [0.15, 0.2) is 0 Å². The molecule has 148 valence electrons. The predicted molar refractivity (Wildman–Crippen MR) is 110 cm³/mol. The molecule has 1 N–H and O–H groups in total. The van der Waals surface area contributed by atoms with E-state index in [1.165, 1.54) is 5.69 Å². The van der Waals surface area contributed by atoms with Crippen LogP contribution in [0, 0.1) is 0 Å². The van der Waals surface area contributed by atoms with Gasteiger partial charge in [0.05, 0.1) is 13.5 Å². The van der Waals surface area contributed by atoms with Crippen molar-refractivity contribution in [1.29, 1.82) is 0 Å². The molecule has 1 fully saturated rings. The number of hydrogen-bond donors (Lipinski definition) is 1. The molecule has 1 aliphatic heterocycles. The Bertz CT molecular complexity index is 784. The van der Waals surface area contributed by atoms with E-state index in [1.54, 1.807) is 14.0 Å². The Morgan fingerprint density at radius 3 is 2.25 bits per heavy atom. The van der Waals surface area contributed by atoms with Crippen molar-refractivity contribution in [2.24, 2.45) is 0 Å². The number of ether oxygens (including phenoxy) is 1. The molecule has 3 rings (SSSR count). The highest BCUT2D eigenvalue weighted by atomic mass is 16.5. The van der Waals surface area contributed by atoms with Crippen molar-refractivity contribution in [3.63, 3.8) is 0 Å². The van der Waals surface area contributed by atoms with Gasteiger partial charge in [0.2, 0.25) is 11.8 Å². The first-order valence-corrected chi connectivity index (χ1v) is 9.58. The minimum atomic E-state index is -0.533. The zero-order valence-corrected chi connectivity index (χ0v) is 16.4. The number of anilines is 1. The summed E-state index contributed by atoms with van der Waals surface area (Å²) < 4.78 is 5.12. The molecule has 2 amide bonds. The molecule has 2 aromatic carbocycles. The molecule has 1 heterocycles. The summed E-state index contributed by atoms with van der Waals surface area (Å²) in [7, 11) is 1.61. The molecule has 2 aromatic rings. The quantitative estimate of drug-likeness (QED) is 0.832. The van der Waals surface area contributed by atoms with Crippen LogP contribution in [0.4, 0.5) is 5.69 Å². The highest BCUT2D eigenvalue weighted by Crippen LogP contribution is 2.16. The molecule has 0 unspecified atom stereocenters. The fraction of sp³-hybridized carbons (Fsp3) is 0.364. The van der Waals surface area contributed by atoms with E-state index in [-0.39, 0.29) is 18.2 Å². The van der Waals surface area contributed by atoms with Crippen molar-refractivity contribution >= 4 is 17.5 Å². The maximum Gasteiger partial charge on any atom is 0.244 e. The average molecular weight is 381 g/mol. The van der Waals surface area contributed by atoms with Gasteiger partial charge in [-0.3, -0.25) is 9.59 Å². The minimum absolute atomic E-state index is 0.0317. The zero-order valence-electron chi connectivity index (χ0n) is 16.4. The van der Waals surface area contributed by atoms with Crippen LogP contribution in [0.5, 0.6) is 5.75 Å². The summed E-state index contributed by atoms with van der Waals surface area (Å²) in [5.41, 5.74) is 2.06. The highest BCUT2D eigenvalue weighted by molar-refractivity contribution is 5.88. The normalized spacial score (nSPS) is 15.1. The molecule has 0 radical (unpaired) electrons. The lowest BCUT2D eigenvalue weighted by molar-refractivity contribution is -0.136. The number of nitrogens with one attached hydrogen (secondary N) is 1. The van der Waals surface area contributed by atoms with Gasteiger partial charge in [-0.2, -0.15) is 0 Å². The Kier molecular flexibility index (Phi) is 6.53. The molecule has 0 aliphatic carbocycles. The number of carbonyl (C=O) groups is 2. The van der Waals surface area contributed by atoms with E-state index in [0.29, 0.717) is 13.1 Å². The molecular weight excluding hydrogens is 354 g/mol. The summed E-state index contributed by atoms with van der Waals surface area (Å²) >= 11 is 0. The maximum absolute atomic E-state index is 12.7. The number of carbonyl (C=O) groups excluding carboxylic acids is 2. The molecule has 1 saturated heterocycles. The number of amides is 2. The van der Waals surface area contributed by atoms with E-state index in [2.05, 4.69) is 22.3 Å². The number of piperazine rings is 1. The second-order valence-electron chi connectivity index (χ2n) is 6.96. The summed E-state index contributed by atoms with van der Waals surface area (Å²) in [4.78, 5) is 29.1. The van der Waals surface area contributed by atoms with Crippen LogP contribution in [0.3, 0.4) is 0 Å². The van der Waals surface area contributed by atoms with E-state index in [1.807, 2.05) is 47.4 Å². The van der Waals surface area contributed by atoms with Crippen LogP contribution in [-0.2, 0) is 16.0 Å². The third kappa shape index (κ3) is 5.03. The van der Waals surface area contributed by atoms with Crippen LogP contribution in [0.2, 0.25) is 0 Å². The zero-order chi connectivity index (χ0) is 19.9.